The maximum atomic E-state index is 12.5. The second-order valence-corrected chi connectivity index (χ2v) is 7.82. The summed E-state index contributed by atoms with van der Waals surface area (Å²) in [7, 11) is 3.85. The summed E-state index contributed by atoms with van der Waals surface area (Å²) in [6, 6.07) is 10.8. The van der Waals surface area contributed by atoms with Gasteiger partial charge in [-0.05, 0) is 49.5 Å². The lowest BCUT2D eigenvalue weighted by atomic mass is 9.88. The van der Waals surface area contributed by atoms with Gasteiger partial charge in [0.1, 0.15) is 0 Å². The van der Waals surface area contributed by atoms with Gasteiger partial charge in [-0.2, -0.15) is 0 Å². The topological polar surface area (TPSA) is 40.6 Å². The minimum Gasteiger partial charge on any atom is -0.345 e. The fourth-order valence-electron chi connectivity index (χ4n) is 4.43. The third-order valence-corrected chi connectivity index (χ3v) is 6.08. The number of unbranched alkanes of at least 4 members (excludes halogenated alkanes) is 1. The zero-order valence-corrected chi connectivity index (χ0v) is 15.5. The van der Waals surface area contributed by atoms with Crippen molar-refractivity contribution < 1.29 is 9.59 Å². The predicted molar refractivity (Wildman–Crippen MR) is 99.0 cm³/mol. The highest BCUT2D eigenvalue weighted by atomic mass is 16.2. The first-order chi connectivity index (χ1) is 12.0. The zero-order valence-electron chi connectivity index (χ0n) is 15.5. The van der Waals surface area contributed by atoms with E-state index >= 15 is 0 Å². The molecule has 0 spiro atoms. The molecule has 2 amide bonds. The minimum absolute atomic E-state index is 0.261. The van der Waals surface area contributed by atoms with Crippen molar-refractivity contribution in [3.8, 4) is 0 Å². The molecule has 1 aliphatic carbocycles. The lowest BCUT2D eigenvalue weighted by molar-refractivity contribution is -0.135. The number of rotatable bonds is 6. The molecule has 4 nitrogen and oxygen atoms in total. The highest BCUT2D eigenvalue weighted by Gasteiger charge is 2.42. The number of benzene rings is 1. The van der Waals surface area contributed by atoms with Crippen LogP contribution in [0, 0.1) is 11.8 Å². The van der Waals surface area contributed by atoms with Gasteiger partial charge in [-0.15, -0.1) is 0 Å². The Hall–Kier alpha value is -1.84. The molecule has 2 aliphatic rings. The average molecular weight is 342 g/mol. The number of aryl methyl sites for hydroxylation is 1. The molecule has 0 bridgehead atoms. The van der Waals surface area contributed by atoms with E-state index in [0.29, 0.717) is 30.7 Å². The largest absolute Gasteiger partial charge is 0.345 e. The van der Waals surface area contributed by atoms with Crippen molar-refractivity contribution in [1.82, 2.24) is 9.80 Å². The molecule has 136 valence electrons. The van der Waals surface area contributed by atoms with Crippen molar-refractivity contribution in [2.24, 2.45) is 11.8 Å². The lowest BCUT2D eigenvalue weighted by Gasteiger charge is -2.31. The van der Waals surface area contributed by atoms with Crippen LogP contribution in [0.15, 0.2) is 30.3 Å². The number of hydrogen-bond donors (Lipinski definition) is 0. The molecular weight excluding hydrogens is 312 g/mol. The Morgan fingerprint density at radius 3 is 2.64 bits per heavy atom. The van der Waals surface area contributed by atoms with Gasteiger partial charge in [0.05, 0.1) is 0 Å². The van der Waals surface area contributed by atoms with Crippen molar-refractivity contribution in [2.45, 2.75) is 51.0 Å². The molecule has 3 rings (SSSR count). The van der Waals surface area contributed by atoms with E-state index in [0.717, 1.165) is 38.6 Å². The summed E-state index contributed by atoms with van der Waals surface area (Å²) in [5, 5.41) is 0. The molecule has 1 saturated carbocycles. The lowest BCUT2D eigenvalue weighted by Crippen LogP contribution is -2.39. The molecule has 1 saturated heterocycles. The van der Waals surface area contributed by atoms with Crippen LogP contribution in [0.3, 0.4) is 0 Å². The van der Waals surface area contributed by atoms with E-state index in [2.05, 4.69) is 24.3 Å². The van der Waals surface area contributed by atoms with E-state index in [-0.39, 0.29) is 11.8 Å². The maximum Gasteiger partial charge on any atom is 0.222 e. The molecule has 0 radical (unpaired) electrons. The molecule has 1 aromatic carbocycles. The summed E-state index contributed by atoms with van der Waals surface area (Å²) in [4.78, 5) is 28.2. The number of fused-ring (bicyclic) bond motifs is 1. The number of carbonyl (C=O) groups is 2. The Labute approximate surface area is 151 Å². The maximum absolute atomic E-state index is 12.5. The second kappa shape index (κ2) is 8.03. The average Bonchev–Trinajstić information content (AvgIpc) is 3.02. The van der Waals surface area contributed by atoms with Crippen LogP contribution < -0.4 is 0 Å². The number of nitrogens with zero attached hydrogens (tertiary/aromatic N) is 2. The standard InChI is InChI=1S/C21H30N2O2/c1-22-15-18-13-19(12-17(18)14-21(22)25)23(2)20(24)11-7-6-10-16-8-4-3-5-9-16/h3-5,8-9,17-19H,6-7,10-15H2,1-2H3/t17-,18+,19-/m1/s1. The molecule has 1 heterocycles. The Morgan fingerprint density at radius 2 is 1.88 bits per heavy atom. The third-order valence-electron chi connectivity index (χ3n) is 6.08. The van der Waals surface area contributed by atoms with E-state index in [9.17, 15) is 9.59 Å². The summed E-state index contributed by atoms with van der Waals surface area (Å²) in [5.41, 5.74) is 1.34. The highest BCUT2D eigenvalue weighted by molar-refractivity contribution is 5.77. The van der Waals surface area contributed by atoms with Crippen LogP contribution in [0.1, 0.15) is 44.1 Å². The monoisotopic (exact) mass is 342 g/mol. The number of amides is 2. The molecule has 0 unspecified atom stereocenters. The highest BCUT2D eigenvalue weighted by Crippen LogP contribution is 2.40. The number of hydrogen-bond acceptors (Lipinski definition) is 2. The van der Waals surface area contributed by atoms with Crippen LogP contribution in [-0.2, 0) is 16.0 Å². The number of carbonyl (C=O) groups excluding carboxylic acids is 2. The van der Waals surface area contributed by atoms with E-state index in [1.807, 2.05) is 30.0 Å². The molecule has 0 N–H and O–H groups in total. The molecule has 3 atom stereocenters. The van der Waals surface area contributed by atoms with Gasteiger partial charge in [0.15, 0.2) is 0 Å². The molecule has 4 heteroatoms. The van der Waals surface area contributed by atoms with Gasteiger partial charge >= 0.3 is 0 Å². The first-order valence-corrected chi connectivity index (χ1v) is 9.58. The zero-order chi connectivity index (χ0) is 17.8. The first kappa shape index (κ1) is 18.0. The van der Waals surface area contributed by atoms with E-state index < -0.39 is 0 Å². The molecule has 25 heavy (non-hydrogen) atoms. The van der Waals surface area contributed by atoms with Gasteiger partial charge in [-0.1, -0.05) is 30.3 Å². The molecule has 1 aliphatic heterocycles. The summed E-state index contributed by atoms with van der Waals surface area (Å²) in [5.74, 6) is 1.57. The Morgan fingerprint density at radius 1 is 1.16 bits per heavy atom. The summed E-state index contributed by atoms with van der Waals surface area (Å²) in [6.07, 6.45) is 6.38. The smallest absolute Gasteiger partial charge is 0.222 e. The second-order valence-electron chi connectivity index (χ2n) is 7.82. The van der Waals surface area contributed by atoms with E-state index in [4.69, 9.17) is 0 Å². The SMILES string of the molecule is CN1C[C@@H]2C[C@H](N(C)C(=O)CCCCc3ccccc3)C[C@@H]2CC1=O. The van der Waals surface area contributed by atoms with Crippen LogP contribution in [0.2, 0.25) is 0 Å². The molecular formula is C21H30N2O2. The van der Waals surface area contributed by atoms with Gasteiger partial charge in [0, 0.05) is 39.5 Å². The van der Waals surface area contributed by atoms with Gasteiger partial charge in [-0.3, -0.25) is 9.59 Å². The van der Waals surface area contributed by atoms with Crippen LogP contribution >= 0.6 is 0 Å². The Kier molecular flexibility index (Phi) is 5.77. The predicted octanol–water partition coefficient (Wildman–Crippen LogP) is 3.11. The summed E-state index contributed by atoms with van der Waals surface area (Å²) in [6.45, 7) is 0.860. The van der Waals surface area contributed by atoms with Crippen molar-refractivity contribution >= 4 is 11.8 Å². The van der Waals surface area contributed by atoms with Gasteiger partial charge in [0.25, 0.3) is 0 Å². The Bertz CT molecular complexity index is 601. The van der Waals surface area contributed by atoms with Crippen LogP contribution in [0.4, 0.5) is 0 Å². The summed E-state index contributed by atoms with van der Waals surface area (Å²) < 4.78 is 0. The third kappa shape index (κ3) is 4.42. The first-order valence-electron chi connectivity index (χ1n) is 9.58. The van der Waals surface area contributed by atoms with Crippen LogP contribution in [-0.4, -0.2) is 48.3 Å². The van der Waals surface area contributed by atoms with Crippen molar-refractivity contribution in [2.75, 3.05) is 20.6 Å². The Balaban J connectivity index is 1.41. The molecule has 0 aromatic heterocycles. The fraction of sp³-hybridized carbons (Fsp3) is 0.619. The van der Waals surface area contributed by atoms with Gasteiger partial charge in [0.2, 0.25) is 11.8 Å². The van der Waals surface area contributed by atoms with E-state index in [1.165, 1.54) is 5.56 Å². The van der Waals surface area contributed by atoms with Crippen molar-refractivity contribution in [3.05, 3.63) is 35.9 Å². The van der Waals surface area contributed by atoms with E-state index in [1.54, 1.807) is 0 Å². The molecule has 1 aromatic rings. The van der Waals surface area contributed by atoms with Gasteiger partial charge < -0.3 is 9.80 Å². The minimum atomic E-state index is 0.261. The van der Waals surface area contributed by atoms with Crippen LogP contribution in [0.25, 0.3) is 0 Å². The van der Waals surface area contributed by atoms with Gasteiger partial charge in [-0.25, -0.2) is 0 Å². The van der Waals surface area contributed by atoms with Crippen LogP contribution in [0.5, 0.6) is 0 Å². The summed E-state index contributed by atoms with van der Waals surface area (Å²) >= 11 is 0. The fourth-order valence-corrected chi connectivity index (χ4v) is 4.43. The molecule has 2 fully saturated rings. The quantitative estimate of drug-likeness (QED) is 0.745. The normalized spacial score (nSPS) is 25.8. The number of likely N-dealkylation sites (tertiary alicyclic amines) is 1. The number of piperidine rings is 1. The van der Waals surface area contributed by atoms with Crippen molar-refractivity contribution in [3.63, 3.8) is 0 Å². The van der Waals surface area contributed by atoms with Crippen molar-refractivity contribution in [1.29, 1.82) is 0 Å².